The highest BCUT2D eigenvalue weighted by molar-refractivity contribution is 9.10. The molecule has 0 spiro atoms. The van der Waals surface area contributed by atoms with E-state index in [4.69, 9.17) is 0 Å². The predicted molar refractivity (Wildman–Crippen MR) is 78.0 cm³/mol. The second-order valence-electron chi connectivity index (χ2n) is 3.90. The highest BCUT2D eigenvalue weighted by Gasteiger charge is 2.04. The van der Waals surface area contributed by atoms with Crippen LogP contribution < -0.4 is 10.6 Å². The molecule has 0 fully saturated rings. The van der Waals surface area contributed by atoms with Crippen molar-refractivity contribution in [2.24, 2.45) is 0 Å². The van der Waals surface area contributed by atoms with E-state index in [1.807, 2.05) is 55.5 Å². The van der Waals surface area contributed by atoms with Gasteiger partial charge in [-0.2, -0.15) is 0 Å². The minimum Gasteiger partial charge on any atom is -0.308 e. The number of carbonyl (C=O) groups is 1. The Kier molecular flexibility index (Phi) is 3.99. The first-order chi connectivity index (χ1) is 8.65. The monoisotopic (exact) mass is 304 g/mol. The first kappa shape index (κ1) is 12.6. The van der Waals surface area contributed by atoms with Crippen molar-refractivity contribution in [3.05, 3.63) is 58.6 Å². The number of para-hydroxylation sites is 1. The maximum atomic E-state index is 11.8. The van der Waals surface area contributed by atoms with Gasteiger partial charge in [-0.25, -0.2) is 4.79 Å². The van der Waals surface area contributed by atoms with Crippen molar-refractivity contribution in [3.8, 4) is 0 Å². The summed E-state index contributed by atoms with van der Waals surface area (Å²) in [5.74, 6) is 0. The van der Waals surface area contributed by atoms with Crippen molar-refractivity contribution in [2.75, 3.05) is 10.6 Å². The zero-order valence-corrected chi connectivity index (χ0v) is 11.5. The number of amides is 2. The Hall–Kier alpha value is -1.81. The highest BCUT2D eigenvalue weighted by Crippen LogP contribution is 2.20. The van der Waals surface area contributed by atoms with Crippen LogP contribution in [0.25, 0.3) is 0 Å². The lowest BCUT2D eigenvalue weighted by atomic mass is 10.2. The number of hydrogen-bond donors (Lipinski definition) is 2. The van der Waals surface area contributed by atoms with E-state index in [2.05, 4.69) is 26.6 Å². The van der Waals surface area contributed by atoms with Crippen molar-refractivity contribution in [3.63, 3.8) is 0 Å². The average Bonchev–Trinajstić information content (AvgIpc) is 2.34. The molecule has 0 aliphatic rings. The third kappa shape index (κ3) is 3.34. The van der Waals surface area contributed by atoms with E-state index in [1.165, 1.54) is 0 Å². The summed E-state index contributed by atoms with van der Waals surface area (Å²) < 4.78 is 0.994. The van der Waals surface area contributed by atoms with Gasteiger partial charge < -0.3 is 10.6 Å². The van der Waals surface area contributed by atoms with E-state index in [9.17, 15) is 4.79 Å². The lowest BCUT2D eigenvalue weighted by Gasteiger charge is -2.10. The fourth-order valence-electron chi connectivity index (χ4n) is 1.57. The van der Waals surface area contributed by atoms with E-state index < -0.39 is 0 Å². The number of carbonyl (C=O) groups excluding carboxylic acids is 1. The Morgan fingerprint density at radius 2 is 1.78 bits per heavy atom. The van der Waals surface area contributed by atoms with Crippen LogP contribution in [-0.2, 0) is 0 Å². The summed E-state index contributed by atoms with van der Waals surface area (Å²) in [4.78, 5) is 11.8. The number of halogens is 1. The number of benzene rings is 2. The van der Waals surface area contributed by atoms with Crippen molar-refractivity contribution in [1.29, 1.82) is 0 Å². The topological polar surface area (TPSA) is 41.1 Å². The number of hydrogen-bond acceptors (Lipinski definition) is 1. The molecule has 0 saturated carbocycles. The number of anilines is 2. The molecule has 2 aromatic rings. The van der Waals surface area contributed by atoms with Crippen LogP contribution in [0.2, 0.25) is 0 Å². The van der Waals surface area contributed by atoms with Crippen LogP contribution in [0.5, 0.6) is 0 Å². The smallest absolute Gasteiger partial charge is 0.308 e. The molecule has 0 bridgehead atoms. The fourth-order valence-corrected chi connectivity index (χ4v) is 2.05. The molecular weight excluding hydrogens is 292 g/mol. The van der Waals surface area contributed by atoms with Gasteiger partial charge in [-0.15, -0.1) is 0 Å². The second kappa shape index (κ2) is 5.69. The summed E-state index contributed by atoms with van der Waals surface area (Å²) in [6.45, 7) is 1.95. The number of rotatable bonds is 2. The van der Waals surface area contributed by atoms with Crippen molar-refractivity contribution >= 4 is 33.3 Å². The molecule has 0 aliphatic heterocycles. The molecule has 18 heavy (non-hydrogen) atoms. The van der Waals surface area contributed by atoms with Gasteiger partial charge >= 0.3 is 6.03 Å². The summed E-state index contributed by atoms with van der Waals surface area (Å²) >= 11 is 3.39. The average molecular weight is 305 g/mol. The highest BCUT2D eigenvalue weighted by atomic mass is 79.9. The van der Waals surface area contributed by atoms with Crippen molar-refractivity contribution < 1.29 is 4.79 Å². The molecule has 0 saturated heterocycles. The minimum atomic E-state index is -0.244. The Morgan fingerprint density at radius 3 is 2.44 bits per heavy atom. The standard InChI is InChI=1S/C14H13BrN2O/c1-10-9-11(15)7-8-13(10)17-14(18)16-12-5-3-2-4-6-12/h2-9H,1H3,(H2,16,17,18). The molecule has 0 atom stereocenters. The molecular formula is C14H13BrN2O. The fraction of sp³-hybridized carbons (Fsp3) is 0.0714. The number of aryl methyl sites for hydroxylation is 1. The van der Waals surface area contributed by atoms with E-state index in [1.54, 1.807) is 0 Å². The largest absolute Gasteiger partial charge is 0.323 e. The Balaban J connectivity index is 2.03. The zero-order valence-electron chi connectivity index (χ0n) is 9.91. The molecule has 0 radical (unpaired) electrons. The molecule has 2 aromatic carbocycles. The zero-order chi connectivity index (χ0) is 13.0. The second-order valence-corrected chi connectivity index (χ2v) is 4.82. The van der Waals surface area contributed by atoms with Gasteiger partial charge in [0.1, 0.15) is 0 Å². The van der Waals surface area contributed by atoms with Crippen LogP contribution in [0.15, 0.2) is 53.0 Å². The first-order valence-electron chi connectivity index (χ1n) is 5.54. The molecule has 0 unspecified atom stereocenters. The van der Waals surface area contributed by atoms with E-state index in [0.717, 1.165) is 21.4 Å². The first-order valence-corrected chi connectivity index (χ1v) is 6.33. The molecule has 92 valence electrons. The Morgan fingerprint density at radius 1 is 1.06 bits per heavy atom. The van der Waals surface area contributed by atoms with Crippen LogP contribution >= 0.6 is 15.9 Å². The minimum absolute atomic E-state index is 0.244. The van der Waals surface area contributed by atoms with Gasteiger partial charge in [-0.05, 0) is 42.8 Å². The maximum Gasteiger partial charge on any atom is 0.323 e. The van der Waals surface area contributed by atoms with Crippen LogP contribution in [0, 0.1) is 6.92 Å². The van der Waals surface area contributed by atoms with Gasteiger partial charge in [0.15, 0.2) is 0 Å². The van der Waals surface area contributed by atoms with E-state index in [-0.39, 0.29) is 6.03 Å². The van der Waals surface area contributed by atoms with Crippen LogP contribution in [-0.4, -0.2) is 6.03 Å². The molecule has 4 heteroatoms. The Bertz CT molecular complexity index is 555. The predicted octanol–water partition coefficient (Wildman–Crippen LogP) is 4.40. The van der Waals surface area contributed by atoms with Crippen molar-refractivity contribution in [2.45, 2.75) is 6.92 Å². The lowest BCUT2D eigenvalue weighted by molar-refractivity contribution is 0.262. The van der Waals surface area contributed by atoms with Crippen LogP contribution in [0.1, 0.15) is 5.56 Å². The van der Waals surface area contributed by atoms with Crippen molar-refractivity contribution in [1.82, 2.24) is 0 Å². The van der Waals surface area contributed by atoms with Gasteiger partial charge in [0, 0.05) is 15.8 Å². The summed E-state index contributed by atoms with van der Waals surface area (Å²) in [6.07, 6.45) is 0. The van der Waals surface area contributed by atoms with Gasteiger partial charge in [-0.1, -0.05) is 34.1 Å². The SMILES string of the molecule is Cc1cc(Br)ccc1NC(=O)Nc1ccccc1. The van der Waals surface area contributed by atoms with E-state index in [0.29, 0.717) is 0 Å². The van der Waals surface area contributed by atoms with Gasteiger partial charge in [-0.3, -0.25) is 0 Å². The molecule has 0 aliphatic carbocycles. The van der Waals surface area contributed by atoms with Gasteiger partial charge in [0.05, 0.1) is 0 Å². The quantitative estimate of drug-likeness (QED) is 0.848. The molecule has 2 amide bonds. The van der Waals surface area contributed by atoms with Crippen LogP contribution in [0.3, 0.4) is 0 Å². The Labute approximate surface area is 114 Å². The molecule has 2 rings (SSSR count). The molecule has 0 heterocycles. The number of nitrogens with one attached hydrogen (secondary N) is 2. The summed E-state index contributed by atoms with van der Waals surface area (Å²) in [5, 5.41) is 5.59. The van der Waals surface area contributed by atoms with Gasteiger partial charge in [0.25, 0.3) is 0 Å². The molecule has 3 nitrogen and oxygen atoms in total. The third-order valence-corrected chi connectivity index (χ3v) is 2.96. The van der Waals surface area contributed by atoms with E-state index >= 15 is 0 Å². The summed E-state index contributed by atoms with van der Waals surface area (Å²) in [5.41, 5.74) is 2.57. The summed E-state index contributed by atoms with van der Waals surface area (Å²) in [7, 11) is 0. The molecule has 2 N–H and O–H groups in total. The normalized spacial score (nSPS) is 9.89. The van der Waals surface area contributed by atoms with Crippen LogP contribution in [0.4, 0.5) is 16.2 Å². The summed E-state index contributed by atoms with van der Waals surface area (Å²) in [6, 6.07) is 14.8. The van der Waals surface area contributed by atoms with Gasteiger partial charge in [0.2, 0.25) is 0 Å². The molecule has 0 aromatic heterocycles. The third-order valence-electron chi connectivity index (χ3n) is 2.47. The lowest BCUT2D eigenvalue weighted by Crippen LogP contribution is -2.19. The maximum absolute atomic E-state index is 11.8. The number of urea groups is 1.